The Morgan fingerprint density at radius 3 is 2.47 bits per heavy atom. The normalized spacial score (nSPS) is 15.6. The maximum absolute atomic E-state index is 13.6. The maximum atomic E-state index is 13.6. The molecule has 3 aromatic rings. The van der Waals surface area contributed by atoms with E-state index in [1.54, 1.807) is 24.1 Å². The van der Waals surface area contributed by atoms with Crippen molar-refractivity contribution in [1.29, 1.82) is 0 Å². The van der Waals surface area contributed by atoms with Gasteiger partial charge in [0.2, 0.25) is 5.76 Å². The van der Waals surface area contributed by atoms with Crippen molar-refractivity contribution in [2.24, 2.45) is 0 Å². The lowest BCUT2D eigenvalue weighted by Gasteiger charge is -2.26. The fraction of sp³-hybridized carbons (Fsp3) is 0.360. The van der Waals surface area contributed by atoms with E-state index in [1.807, 2.05) is 30.3 Å². The van der Waals surface area contributed by atoms with Gasteiger partial charge in [-0.2, -0.15) is 0 Å². The van der Waals surface area contributed by atoms with Crippen LogP contribution in [-0.2, 0) is 0 Å². The molecule has 7 heteroatoms. The van der Waals surface area contributed by atoms with Crippen molar-refractivity contribution in [3.05, 3.63) is 74.0 Å². The number of benzene rings is 2. The second-order valence-corrected chi connectivity index (χ2v) is 8.97. The number of rotatable bonds is 8. The lowest BCUT2D eigenvalue weighted by Crippen LogP contribution is -3.11. The fourth-order valence-corrected chi connectivity index (χ4v) is 4.82. The van der Waals surface area contributed by atoms with E-state index in [0.29, 0.717) is 23.1 Å². The van der Waals surface area contributed by atoms with Gasteiger partial charge in [-0.3, -0.25) is 9.59 Å². The zero-order valence-corrected chi connectivity index (χ0v) is 20.2. The molecule has 0 bridgehead atoms. The fourth-order valence-electron chi connectivity index (χ4n) is 4.46. The molecular weight excluding hydrogens is 472 g/mol. The third-order valence-electron chi connectivity index (χ3n) is 6.29. The molecule has 1 unspecified atom stereocenters. The smallest absolute Gasteiger partial charge is 0.290 e. The molecule has 6 nitrogen and oxygen atoms in total. The first kappa shape index (κ1) is 22.6. The Labute approximate surface area is 195 Å². The number of carbonyl (C=O) groups excluding carboxylic acids is 1. The van der Waals surface area contributed by atoms with Gasteiger partial charge in [-0.1, -0.05) is 28.1 Å². The summed E-state index contributed by atoms with van der Waals surface area (Å²) < 4.78 is 12.1. The largest absolute Gasteiger partial charge is 0.497 e. The van der Waals surface area contributed by atoms with Crippen molar-refractivity contribution in [2.75, 3.05) is 33.3 Å². The number of ether oxygens (including phenoxy) is 1. The number of methoxy groups -OCH3 is 1. The summed E-state index contributed by atoms with van der Waals surface area (Å²) >= 11 is 3.43. The quantitative estimate of drug-likeness (QED) is 0.515. The van der Waals surface area contributed by atoms with Gasteiger partial charge in [0.15, 0.2) is 5.43 Å². The van der Waals surface area contributed by atoms with Crippen LogP contribution >= 0.6 is 15.9 Å². The molecule has 168 valence electrons. The first-order valence-corrected chi connectivity index (χ1v) is 11.8. The zero-order chi connectivity index (χ0) is 22.8. The molecular formula is C25H28BrN2O4+. The standard InChI is InChI=1S/C25H27BrN2O4/c1-4-27(5-2)13-6-14-28-22(16-7-10-18(31-3)11-8-16)21-23(29)19-15-17(26)9-12-20(19)32-24(21)25(28)30/h7-12,15,22H,4-6,13-14H2,1-3H3/p+1. The van der Waals surface area contributed by atoms with Gasteiger partial charge < -0.3 is 19.0 Å². The van der Waals surface area contributed by atoms with Crippen LogP contribution in [0, 0.1) is 0 Å². The van der Waals surface area contributed by atoms with E-state index in [-0.39, 0.29) is 17.1 Å². The lowest BCUT2D eigenvalue weighted by atomic mass is 9.98. The summed E-state index contributed by atoms with van der Waals surface area (Å²) in [5.41, 5.74) is 1.55. The van der Waals surface area contributed by atoms with E-state index in [9.17, 15) is 9.59 Å². The van der Waals surface area contributed by atoms with Crippen molar-refractivity contribution >= 4 is 32.8 Å². The zero-order valence-electron chi connectivity index (χ0n) is 18.6. The highest BCUT2D eigenvalue weighted by molar-refractivity contribution is 9.10. The molecule has 2 aromatic carbocycles. The first-order valence-electron chi connectivity index (χ1n) is 11.0. The summed E-state index contributed by atoms with van der Waals surface area (Å²) in [6.45, 7) is 7.96. The van der Waals surface area contributed by atoms with Crippen LogP contribution in [-0.4, -0.2) is 44.1 Å². The van der Waals surface area contributed by atoms with E-state index in [4.69, 9.17) is 9.15 Å². The van der Waals surface area contributed by atoms with Gasteiger partial charge in [0.25, 0.3) is 5.91 Å². The van der Waals surface area contributed by atoms with Gasteiger partial charge >= 0.3 is 0 Å². The van der Waals surface area contributed by atoms with Crippen LogP contribution in [0.15, 0.2) is 56.1 Å². The number of hydrogen-bond donors (Lipinski definition) is 1. The summed E-state index contributed by atoms with van der Waals surface area (Å²) in [6, 6.07) is 12.4. The maximum Gasteiger partial charge on any atom is 0.290 e. The van der Waals surface area contributed by atoms with E-state index in [1.165, 1.54) is 4.90 Å². The minimum absolute atomic E-state index is 0.154. The highest BCUT2D eigenvalue weighted by Crippen LogP contribution is 2.38. The second-order valence-electron chi connectivity index (χ2n) is 8.05. The average Bonchev–Trinajstić information content (AvgIpc) is 3.09. The average molecular weight is 500 g/mol. The first-order chi connectivity index (χ1) is 15.5. The van der Waals surface area contributed by atoms with Crippen LogP contribution in [0.2, 0.25) is 0 Å². The Morgan fingerprint density at radius 1 is 1.09 bits per heavy atom. The molecule has 0 spiro atoms. The highest BCUT2D eigenvalue weighted by atomic mass is 79.9. The SMILES string of the molecule is CC[NH+](CC)CCCN1C(=O)c2oc3ccc(Br)cc3c(=O)c2C1c1ccc(OC)cc1. The number of carbonyl (C=O) groups is 1. The number of quaternary nitrogens is 1. The van der Waals surface area contributed by atoms with Gasteiger partial charge in [-0.25, -0.2) is 0 Å². The number of nitrogens with zero attached hydrogens (tertiary/aromatic N) is 1. The summed E-state index contributed by atoms with van der Waals surface area (Å²) in [5, 5.41) is 0.471. The van der Waals surface area contributed by atoms with Gasteiger partial charge in [-0.05, 0) is 49.7 Å². The minimum atomic E-state index is -0.477. The van der Waals surface area contributed by atoms with Crippen molar-refractivity contribution in [3.8, 4) is 5.75 Å². The van der Waals surface area contributed by atoms with Crippen LogP contribution in [0.3, 0.4) is 0 Å². The summed E-state index contributed by atoms with van der Waals surface area (Å²) in [5.74, 6) is 0.655. The Bertz CT molecular complexity index is 1190. The Balaban J connectivity index is 1.79. The lowest BCUT2D eigenvalue weighted by molar-refractivity contribution is -0.896. The molecule has 1 aliphatic rings. The van der Waals surface area contributed by atoms with E-state index in [0.717, 1.165) is 41.8 Å². The Kier molecular flexibility index (Phi) is 6.67. The summed E-state index contributed by atoms with van der Waals surface area (Å²) in [4.78, 5) is 30.3. The van der Waals surface area contributed by atoms with Gasteiger partial charge in [0, 0.05) is 17.4 Å². The molecule has 32 heavy (non-hydrogen) atoms. The molecule has 1 N–H and O–H groups in total. The summed E-state index contributed by atoms with van der Waals surface area (Å²) in [7, 11) is 1.61. The predicted octanol–water partition coefficient (Wildman–Crippen LogP) is 3.42. The Morgan fingerprint density at radius 2 is 1.81 bits per heavy atom. The van der Waals surface area contributed by atoms with E-state index in [2.05, 4.69) is 29.8 Å². The van der Waals surface area contributed by atoms with Gasteiger partial charge in [0.05, 0.1) is 43.7 Å². The molecule has 0 fully saturated rings. The predicted molar refractivity (Wildman–Crippen MR) is 128 cm³/mol. The minimum Gasteiger partial charge on any atom is -0.497 e. The molecule has 1 atom stereocenters. The number of hydrogen-bond acceptors (Lipinski definition) is 4. The molecule has 0 aliphatic carbocycles. The van der Waals surface area contributed by atoms with Crippen molar-refractivity contribution in [2.45, 2.75) is 26.3 Å². The van der Waals surface area contributed by atoms with E-state index < -0.39 is 6.04 Å². The monoisotopic (exact) mass is 499 g/mol. The number of halogens is 1. The summed E-state index contributed by atoms with van der Waals surface area (Å²) in [6.07, 6.45) is 0.850. The second kappa shape index (κ2) is 9.46. The molecule has 1 aromatic heterocycles. The van der Waals surface area contributed by atoms with Crippen molar-refractivity contribution in [3.63, 3.8) is 0 Å². The number of nitrogens with one attached hydrogen (secondary N) is 1. The number of fused-ring (bicyclic) bond motifs is 2. The third kappa shape index (κ3) is 4.07. The highest BCUT2D eigenvalue weighted by Gasteiger charge is 2.42. The van der Waals surface area contributed by atoms with Crippen LogP contribution < -0.4 is 15.1 Å². The number of amides is 1. The topological polar surface area (TPSA) is 64.2 Å². The van der Waals surface area contributed by atoms with Crippen LogP contribution in [0.1, 0.15) is 48.0 Å². The molecule has 2 heterocycles. The Hall–Kier alpha value is -2.64. The molecule has 4 rings (SSSR count). The van der Waals surface area contributed by atoms with Gasteiger partial charge in [-0.15, -0.1) is 0 Å². The third-order valence-corrected chi connectivity index (χ3v) is 6.78. The van der Waals surface area contributed by atoms with Crippen molar-refractivity contribution < 1.29 is 18.8 Å². The van der Waals surface area contributed by atoms with E-state index >= 15 is 0 Å². The molecule has 0 radical (unpaired) electrons. The molecule has 0 saturated heterocycles. The van der Waals surface area contributed by atoms with Crippen LogP contribution in [0.5, 0.6) is 5.75 Å². The van der Waals surface area contributed by atoms with Gasteiger partial charge in [0.1, 0.15) is 11.3 Å². The molecule has 1 amide bonds. The molecule has 1 aliphatic heterocycles. The van der Waals surface area contributed by atoms with Crippen molar-refractivity contribution in [1.82, 2.24) is 4.90 Å². The van der Waals surface area contributed by atoms with Crippen LogP contribution in [0.25, 0.3) is 11.0 Å². The molecule has 0 saturated carbocycles. The van der Waals surface area contributed by atoms with Crippen LogP contribution in [0.4, 0.5) is 0 Å².